The van der Waals surface area contributed by atoms with E-state index in [1.165, 1.54) is 24.5 Å². The van der Waals surface area contributed by atoms with Crippen molar-refractivity contribution < 1.29 is 13.9 Å². The summed E-state index contributed by atoms with van der Waals surface area (Å²) in [7, 11) is 1.41. The molecule has 1 aromatic carbocycles. The molecular formula is C17H15FN2O2S2. The second-order valence-corrected chi connectivity index (χ2v) is 6.91. The molecular weight excluding hydrogens is 347 g/mol. The Kier molecular flexibility index (Phi) is 4.92. The van der Waals surface area contributed by atoms with Gasteiger partial charge in [-0.15, -0.1) is 22.7 Å². The second kappa shape index (κ2) is 7.11. The number of rotatable bonds is 5. The lowest BCUT2D eigenvalue weighted by atomic mass is 10.1. The lowest BCUT2D eigenvalue weighted by molar-refractivity contribution is 0.0935. The minimum Gasteiger partial charge on any atom is -0.494 e. The minimum absolute atomic E-state index is 0.178. The van der Waals surface area contributed by atoms with E-state index in [4.69, 9.17) is 4.74 Å². The first-order chi connectivity index (χ1) is 11.6. The van der Waals surface area contributed by atoms with Gasteiger partial charge in [-0.1, -0.05) is 12.1 Å². The monoisotopic (exact) mass is 362 g/mol. The average molecular weight is 362 g/mol. The van der Waals surface area contributed by atoms with Crippen molar-refractivity contribution in [2.24, 2.45) is 0 Å². The molecule has 1 N–H and O–H groups in total. The molecule has 1 atom stereocenters. The van der Waals surface area contributed by atoms with Crippen LogP contribution in [0.15, 0.2) is 41.1 Å². The molecule has 0 bridgehead atoms. The Morgan fingerprint density at radius 2 is 2.17 bits per heavy atom. The zero-order valence-corrected chi connectivity index (χ0v) is 14.7. The first kappa shape index (κ1) is 16.6. The van der Waals surface area contributed by atoms with Crippen molar-refractivity contribution in [3.8, 4) is 15.6 Å². The molecule has 3 rings (SSSR count). The van der Waals surface area contributed by atoms with Crippen molar-refractivity contribution in [2.45, 2.75) is 13.0 Å². The van der Waals surface area contributed by atoms with Crippen LogP contribution in [0, 0.1) is 5.82 Å². The van der Waals surface area contributed by atoms with E-state index in [2.05, 4.69) is 10.3 Å². The topological polar surface area (TPSA) is 51.2 Å². The fourth-order valence-electron chi connectivity index (χ4n) is 2.20. The molecule has 0 aliphatic rings. The number of thiophene rings is 1. The lowest BCUT2D eigenvalue weighted by Gasteiger charge is -2.14. The summed E-state index contributed by atoms with van der Waals surface area (Å²) in [4.78, 5) is 17.7. The number of thiazole rings is 1. The van der Waals surface area contributed by atoms with Crippen LogP contribution in [-0.2, 0) is 0 Å². The first-order valence-corrected chi connectivity index (χ1v) is 8.98. The highest BCUT2D eigenvalue weighted by molar-refractivity contribution is 7.20. The SMILES string of the molecule is COc1ccc(C(C)NC(=O)c2csc(-c3cccs3)n2)cc1F. The summed E-state index contributed by atoms with van der Waals surface area (Å²) < 4.78 is 18.7. The Labute approximate surface area is 146 Å². The van der Waals surface area contributed by atoms with Gasteiger partial charge in [0.05, 0.1) is 18.0 Å². The third-order valence-electron chi connectivity index (χ3n) is 3.49. The lowest BCUT2D eigenvalue weighted by Crippen LogP contribution is -2.27. The summed E-state index contributed by atoms with van der Waals surface area (Å²) >= 11 is 3.01. The molecule has 0 fully saturated rings. The summed E-state index contributed by atoms with van der Waals surface area (Å²) in [5, 5.41) is 7.35. The van der Waals surface area contributed by atoms with Gasteiger partial charge in [0.1, 0.15) is 10.7 Å². The van der Waals surface area contributed by atoms with Gasteiger partial charge < -0.3 is 10.1 Å². The highest BCUT2D eigenvalue weighted by atomic mass is 32.1. The molecule has 4 nitrogen and oxygen atoms in total. The Hall–Kier alpha value is -2.25. The van der Waals surface area contributed by atoms with E-state index in [1.54, 1.807) is 35.8 Å². The highest BCUT2D eigenvalue weighted by Gasteiger charge is 2.16. The maximum atomic E-state index is 13.8. The van der Waals surface area contributed by atoms with Gasteiger partial charge in [0.15, 0.2) is 11.6 Å². The third-order valence-corrected chi connectivity index (χ3v) is 5.37. The number of hydrogen-bond donors (Lipinski definition) is 1. The van der Waals surface area contributed by atoms with Crippen molar-refractivity contribution in [1.29, 1.82) is 0 Å². The molecule has 124 valence electrons. The largest absolute Gasteiger partial charge is 0.494 e. The van der Waals surface area contributed by atoms with Gasteiger partial charge >= 0.3 is 0 Å². The Balaban J connectivity index is 1.71. The molecule has 1 unspecified atom stereocenters. The molecule has 0 spiro atoms. The summed E-state index contributed by atoms with van der Waals surface area (Å²) in [5.41, 5.74) is 1.03. The van der Waals surface area contributed by atoms with Gasteiger partial charge in [-0.25, -0.2) is 9.37 Å². The number of carbonyl (C=O) groups is 1. The molecule has 3 aromatic rings. The van der Waals surface area contributed by atoms with E-state index in [9.17, 15) is 9.18 Å². The van der Waals surface area contributed by atoms with Crippen LogP contribution in [0.4, 0.5) is 4.39 Å². The van der Waals surface area contributed by atoms with Gasteiger partial charge in [-0.2, -0.15) is 0 Å². The number of carbonyl (C=O) groups excluding carboxylic acids is 1. The molecule has 0 saturated heterocycles. The van der Waals surface area contributed by atoms with E-state index >= 15 is 0 Å². The van der Waals surface area contributed by atoms with Crippen LogP contribution in [0.3, 0.4) is 0 Å². The van der Waals surface area contributed by atoms with Gasteiger partial charge in [-0.3, -0.25) is 4.79 Å². The van der Waals surface area contributed by atoms with Crippen LogP contribution in [0.1, 0.15) is 29.0 Å². The number of methoxy groups -OCH3 is 1. The van der Waals surface area contributed by atoms with Crippen LogP contribution in [0.5, 0.6) is 5.75 Å². The zero-order valence-electron chi connectivity index (χ0n) is 13.1. The Bertz CT molecular complexity index is 846. The summed E-state index contributed by atoms with van der Waals surface area (Å²) in [6.45, 7) is 1.80. The number of hydrogen-bond acceptors (Lipinski definition) is 5. The number of ether oxygens (including phenoxy) is 1. The number of nitrogens with one attached hydrogen (secondary N) is 1. The Morgan fingerprint density at radius 3 is 2.83 bits per heavy atom. The predicted octanol–water partition coefficient (Wildman–Crippen LogP) is 4.51. The number of benzene rings is 1. The van der Waals surface area contributed by atoms with E-state index in [0.717, 1.165) is 9.88 Å². The average Bonchev–Trinajstić information content (AvgIpc) is 3.25. The van der Waals surface area contributed by atoms with Gasteiger partial charge in [0, 0.05) is 5.38 Å². The number of amides is 1. The normalized spacial score (nSPS) is 12.0. The summed E-state index contributed by atoms with van der Waals surface area (Å²) in [6.07, 6.45) is 0. The van der Waals surface area contributed by atoms with Crippen LogP contribution >= 0.6 is 22.7 Å². The van der Waals surface area contributed by atoms with Crippen molar-refractivity contribution in [1.82, 2.24) is 10.3 Å². The van der Waals surface area contributed by atoms with E-state index in [-0.39, 0.29) is 17.7 Å². The minimum atomic E-state index is -0.454. The van der Waals surface area contributed by atoms with Crippen molar-refractivity contribution in [3.63, 3.8) is 0 Å². The van der Waals surface area contributed by atoms with Crippen molar-refractivity contribution >= 4 is 28.6 Å². The fourth-order valence-corrected chi connectivity index (χ4v) is 3.81. The number of aromatic nitrogens is 1. The van der Waals surface area contributed by atoms with Crippen LogP contribution in [0.2, 0.25) is 0 Å². The Morgan fingerprint density at radius 1 is 1.33 bits per heavy atom. The van der Waals surface area contributed by atoms with Crippen molar-refractivity contribution in [2.75, 3.05) is 7.11 Å². The molecule has 2 aromatic heterocycles. The zero-order chi connectivity index (χ0) is 17.1. The first-order valence-electron chi connectivity index (χ1n) is 7.22. The van der Waals surface area contributed by atoms with Crippen LogP contribution in [-0.4, -0.2) is 18.0 Å². The molecule has 0 saturated carbocycles. The smallest absolute Gasteiger partial charge is 0.271 e. The molecule has 24 heavy (non-hydrogen) atoms. The van der Waals surface area contributed by atoms with Gasteiger partial charge in [0.25, 0.3) is 5.91 Å². The quantitative estimate of drug-likeness (QED) is 0.726. The molecule has 1 amide bonds. The standard InChI is InChI=1S/C17H15FN2O2S2/c1-10(11-5-6-14(22-2)12(18)8-11)19-16(21)13-9-24-17(20-13)15-4-3-7-23-15/h3-10H,1-2H3,(H,19,21). The number of nitrogens with zero attached hydrogens (tertiary/aromatic N) is 1. The van der Waals surface area contributed by atoms with E-state index in [1.807, 2.05) is 17.5 Å². The molecule has 0 aliphatic carbocycles. The predicted molar refractivity (Wildman–Crippen MR) is 94.3 cm³/mol. The van der Waals surface area contributed by atoms with Gasteiger partial charge in [0.2, 0.25) is 0 Å². The molecule has 0 radical (unpaired) electrons. The van der Waals surface area contributed by atoms with E-state index < -0.39 is 5.82 Å². The maximum Gasteiger partial charge on any atom is 0.271 e. The summed E-state index contributed by atoms with van der Waals surface area (Å²) in [6, 6.07) is 8.21. The van der Waals surface area contributed by atoms with E-state index in [0.29, 0.717) is 11.3 Å². The fraction of sp³-hybridized carbons (Fsp3) is 0.176. The summed E-state index contributed by atoms with van der Waals surface area (Å²) in [5.74, 6) is -0.556. The van der Waals surface area contributed by atoms with Gasteiger partial charge in [-0.05, 0) is 36.1 Å². The second-order valence-electron chi connectivity index (χ2n) is 5.10. The maximum absolute atomic E-state index is 13.8. The van der Waals surface area contributed by atoms with Crippen LogP contribution < -0.4 is 10.1 Å². The van der Waals surface area contributed by atoms with Crippen LogP contribution in [0.25, 0.3) is 9.88 Å². The number of halogens is 1. The molecule has 0 aliphatic heterocycles. The molecule has 2 heterocycles. The third kappa shape index (κ3) is 3.47. The molecule has 7 heteroatoms. The highest BCUT2D eigenvalue weighted by Crippen LogP contribution is 2.28. The van der Waals surface area contributed by atoms with Crippen molar-refractivity contribution in [3.05, 3.63) is 58.2 Å².